The largest absolute Gasteiger partial charge is 0.370 e. The van der Waals surface area contributed by atoms with Gasteiger partial charge < -0.3 is 16.4 Å². The number of guanidine groups is 1. The molecule has 1 aliphatic carbocycles. The molecule has 1 aliphatic rings. The Bertz CT molecular complexity index is 285. The first-order valence-electron chi connectivity index (χ1n) is 6.97. The number of nitrogens with one attached hydrogen (secondary N) is 2. The third-order valence-electron chi connectivity index (χ3n) is 3.35. The Morgan fingerprint density at radius 2 is 2.11 bits per heavy atom. The molecule has 1 unspecified atom stereocenters. The summed E-state index contributed by atoms with van der Waals surface area (Å²) in [6.45, 7) is 4.59. The van der Waals surface area contributed by atoms with Crippen LogP contribution in [0.1, 0.15) is 52.4 Å². The van der Waals surface area contributed by atoms with Gasteiger partial charge >= 0.3 is 0 Å². The molecule has 4 N–H and O–H groups in total. The van der Waals surface area contributed by atoms with Gasteiger partial charge in [0, 0.05) is 18.5 Å². The van der Waals surface area contributed by atoms with E-state index in [0.717, 1.165) is 19.3 Å². The molecule has 0 saturated heterocycles. The summed E-state index contributed by atoms with van der Waals surface area (Å²) in [5.74, 6) is 0.514. The van der Waals surface area contributed by atoms with Crippen molar-refractivity contribution in [3.05, 3.63) is 0 Å². The minimum atomic E-state index is 0.0852. The van der Waals surface area contributed by atoms with Crippen molar-refractivity contribution in [3.8, 4) is 0 Å². The molecule has 104 valence electrons. The summed E-state index contributed by atoms with van der Waals surface area (Å²) in [7, 11) is 0. The Balaban J connectivity index is 2.15. The van der Waals surface area contributed by atoms with Gasteiger partial charge in [-0.3, -0.25) is 9.79 Å². The zero-order valence-electron chi connectivity index (χ0n) is 11.5. The van der Waals surface area contributed by atoms with Gasteiger partial charge in [-0.25, -0.2) is 0 Å². The Labute approximate surface area is 110 Å². The van der Waals surface area contributed by atoms with Crippen molar-refractivity contribution in [1.82, 2.24) is 10.6 Å². The summed E-state index contributed by atoms with van der Waals surface area (Å²) in [6.07, 6.45) is 6.11. The highest BCUT2D eigenvalue weighted by Gasteiger charge is 2.16. The fourth-order valence-corrected chi connectivity index (χ4v) is 2.05. The smallest absolute Gasteiger partial charge is 0.222 e. The first kappa shape index (κ1) is 14.8. The monoisotopic (exact) mass is 254 g/mol. The van der Waals surface area contributed by atoms with Crippen LogP contribution >= 0.6 is 0 Å². The maximum atomic E-state index is 11.6. The van der Waals surface area contributed by atoms with Crippen LogP contribution in [0.2, 0.25) is 0 Å². The number of rotatable bonds is 6. The number of amides is 1. The average molecular weight is 254 g/mol. The minimum Gasteiger partial charge on any atom is -0.370 e. The third kappa shape index (κ3) is 5.89. The van der Waals surface area contributed by atoms with Crippen LogP contribution in [-0.2, 0) is 4.79 Å². The molecule has 1 fully saturated rings. The second kappa shape index (κ2) is 7.95. The van der Waals surface area contributed by atoms with Crippen molar-refractivity contribution >= 4 is 11.9 Å². The molecular formula is C13H26N4O. The van der Waals surface area contributed by atoms with Gasteiger partial charge in [0.2, 0.25) is 5.91 Å². The van der Waals surface area contributed by atoms with Crippen LogP contribution < -0.4 is 16.4 Å². The van der Waals surface area contributed by atoms with Crippen LogP contribution in [-0.4, -0.2) is 30.5 Å². The first-order chi connectivity index (χ1) is 8.61. The predicted molar refractivity (Wildman–Crippen MR) is 74.4 cm³/mol. The Morgan fingerprint density at radius 3 is 2.72 bits per heavy atom. The number of carbonyl (C=O) groups is 1. The van der Waals surface area contributed by atoms with Crippen LogP contribution in [0, 0.1) is 0 Å². The fraction of sp³-hybridized carbons (Fsp3) is 0.846. The van der Waals surface area contributed by atoms with Crippen LogP contribution in [0.3, 0.4) is 0 Å². The highest BCUT2D eigenvalue weighted by Crippen LogP contribution is 2.17. The lowest BCUT2D eigenvalue weighted by Crippen LogP contribution is -2.38. The molecule has 0 aliphatic heterocycles. The van der Waals surface area contributed by atoms with E-state index < -0.39 is 0 Å². The lowest BCUT2D eigenvalue weighted by atomic mass is 10.2. The van der Waals surface area contributed by atoms with Gasteiger partial charge in [-0.2, -0.15) is 0 Å². The number of aliphatic imine (C=N–C) groups is 1. The molecule has 0 aromatic heterocycles. The summed E-state index contributed by atoms with van der Waals surface area (Å²) in [4.78, 5) is 15.8. The highest BCUT2D eigenvalue weighted by molar-refractivity contribution is 5.79. The second-order valence-corrected chi connectivity index (χ2v) is 5.02. The molecule has 1 atom stereocenters. The van der Waals surface area contributed by atoms with E-state index in [0.29, 0.717) is 31.0 Å². The SMILES string of the molecule is CCC(C)NC(N)=NCCC(=O)NC1CCCC1. The fourth-order valence-electron chi connectivity index (χ4n) is 2.05. The van der Waals surface area contributed by atoms with E-state index in [9.17, 15) is 4.79 Å². The molecule has 5 heteroatoms. The van der Waals surface area contributed by atoms with E-state index in [1.54, 1.807) is 0 Å². The van der Waals surface area contributed by atoms with Crippen LogP contribution in [0.4, 0.5) is 0 Å². The third-order valence-corrected chi connectivity index (χ3v) is 3.35. The molecule has 0 aromatic rings. The second-order valence-electron chi connectivity index (χ2n) is 5.02. The van der Waals surface area contributed by atoms with Crippen molar-refractivity contribution in [2.45, 2.75) is 64.5 Å². The number of hydrogen-bond donors (Lipinski definition) is 3. The average Bonchev–Trinajstić information content (AvgIpc) is 2.81. The van der Waals surface area contributed by atoms with Crippen molar-refractivity contribution in [1.29, 1.82) is 0 Å². The van der Waals surface area contributed by atoms with Crippen molar-refractivity contribution in [2.75, 3.05) is 6.54 Å². The zero-order chi connectivity index (χ0) is 13.4. The predicted octanol–water partition coefficient (Wildman–Crippen LogP) is 1.14. The number of carbonyl (C=O) groups excluding carboxylic acids is 1. The van der Waals surface area contributed by atoms with E-state index in [2.05, 4.69) is 29.5 Å². The molecule has 1 amide bonds. The Morgan fingerprint density at radius 1 is 1.44 bits per heavy atom. The molecule has 5 nitrogen and oxygen atoms in total. The normalized spacial score (nSPS) is 18.7. The van der Waals surface area contributed by atoms with Crippen LogP contribution in [0.25, 0.3) is 0 Å². The maximum Gasteiger partial charge on any atom is 0.222 e. The standard InChI is InChI=1S/C13H26N4O/c1-3-10(2)16-13(14)15-9-8-12(18)17-11-6-4-5-7-11/h10-11H,3-9H2,1-2H3,(H,17,18)(H3,14,15,16). The van der Waals surface area contributed by atoms with Crippen molar-refractivity contribution < 1.29 is 4.79 Å². The molecule has 0 aromatic carbocycles. The number of nitrogens with two attached hydrogens (primary N) is 1. The summed E-state index contributed by atoms with van der Waals surface area (Å²) < 4.78 is 0. The molecule has 0 spiro atoms. The molecular weight excluding hydrogens is 228 g/mol. The van der Waals surface area contributed by atoms with Gasteiger partial charge in [0.15, 0.2) is 5.96 Å². The van der Waals surface area contributed by atoms with Gasteiger partial charge in [-0.05, 0) is 26.2 Å². The highest BCUT2D eigenvalue weighted by atomic mass is 16.1. The maximum absolute atomic E-state index is 11.6. The summed E-state index contributed by atoms with van der Waals surface area (Å²) in [5.41, 5.74) is 5.71. The number of nitrogens with zero attached hydrogens (tertiary/aromatic N) is 1. The first-order valence-corrected chi connectivity index (χ1v) is 6.97. The molecule has 18 heavy (non-hydrogen) atoms. The van der Waals surface area contributed by atoms with Crippen molar-refractivity contribution in [2.24, 2.45) is 10.7 Å². The topological polar surface area (TPSA) is 79.5 Å². The zero-order valence-corrected chi connectivity index (χ0v) is 11.5. The van der Waals surface area contributed by atoms with E-state index in [-0.39, 0.29) is 5.91 Å². The van der Waals surface area contributed by atoms with Gasteiger partial charge in [0.05, 0.1) is 6.54 Å². The van der Waals surface area contributed by atoms with Crippen LogP contribution in [0.5, 0.6) is 0 Å². The van der Waals surface area contributed by atoms with Gasteiger partial charge in [-0.15, -0.1) is 0 Å². The summed E-state index contributed by atoms with van der Waals surface area (Å²) >= 11 is 0. The number of hydrogen-bond acceptors (Lipinski definition) is 2. The van der Waals surface area contributed by atoms with Crippen LogP contribution in [0.15, 0.2) is 4.99 Å². The molecule has 1 rings (SSSR count). The molecule has 0 radical (unpaired) electrons. The van der Waals surface area contributed by atoms with E-state index in [1.807, 2.05) is 0 Å². The van der Waals surface area contributed by atoms with Crippen molar-refractivity contribution in [3.63, 3.8) is 0 Å². The van der Waals surface area contributed by atoms with E-state index in [1.165, 1.54) is 12.8 Å². The van der Waals surface area contributed by atoms with E-state index in [4.69, 9.17) is 5.73 Å². The Hall–Kier alpha value is -1.26. The summed E-state index contributed by atoms with van der Waals surface area (Å²) in [5, 5.41) is 6.11. The molecule has 1 saturated carbocycles. The molecule has 0 bridgehead atoms. The quantitative estimate of drug-likeness (QED) is 0.491. The van der Waals surface area contributed by atoms with Gasteiger partial charge in [0.1, 0.15) is 0 Å². The van der Waals surface area contributed by atoms with E-state index >= 15 is 0 Å². The van der Waals surface area contributed by atoms with Gasteiger partial charge in [0.25, 0.3) is 0 Å². The lowest BCUT2D eigenvalue weighted by molar-refractivity contribution is -0.121. The lowest BCUT2D eigenvalue weighted by Gasteiger charge is -2.12. The van der Waals surface area contributed by atoms with Gasteiger partial charge in [-0.1, -0.05) is 19.8 Å². The Kier molecular flexibility index (Phi) is 6.54. The summed E-state index contributed by atoms with van der Waals surface area (Å²) in [6, 6.07) is 0.707. The minimum absolute atomic E-state index is 0.0852. The molecule has 0 heterocycles.